The molecule has 0 aromatic heterocycles. The Morgan fingerprint density at radius 2 is 1.96 bits per heavy atom. The minimum absolute atomic E-state index is 0.0663. The van der Waals surface area contributed by atoms with Crippen molar-refractivity contribution in [1.29, 1.82) is 0 Å². The second-order valence-electron chi connectivity index (χ2n) is 9.80. The summed E-state index contributed by atoms with van der Waals surface area (Å²) in [6.07, 6.45) is 7.24. The number of fused-ring (bicyclic) bond motifs is 3. The number of aliphatic hydroxyl groups is 1. The maximum absolute atomic E-state index is 11.7. The van der Waals surface area contributed by atoms with E-state index in [4.69, 9.17) is 4.74 Å². The van der Waals surface area contributed by atoms with Gasteiger partial charge in [-0.05, 0) is 69.6 Å². The van der Waals surface area contributed by atoms with Gasteiger partial charge in [0.2, 0.25) is 0 Å². The van der Waals surface area contributed by atoms with Crippen LogP contribution in [0.4, 0.5) is 0 Å². The van der Waals surface area contributed by atoms with E-state index in [2.05, 4.69) is 33.8 Å². The van der Waals surface area contributed by atoms with Crippen LogP contribution >= 0.6 is 0 Å². The number of allylic oxidation sites excluding steroid dienone is 2. The van der Waals surface area contributed by atoms with Gasteiger partial charge >= 0.3 is 5.97 Å². The molecule has 142 valence electrons. The normalized spacial score (nSPS) is 46.9. The first-order valence-electron chi connectivity index (χ1n) is 10.1. The SMILES string of the molecule is CC(=O)O[C@H]1CC[C@@](C)(O)[C@@H]2[C@H]3C(C)=CC[C@@H](C(C)C)[C@H]3CC[C@]12C. The Balaban J connectivity index is 2.03. The molecule has 0 unspecified atom stereocenters. The molecular formula is C22H36O3. The molecule has 3 heteroatoms. The van der Waals surface area contributed by atoms with Gasteiger partial charge in [0.05, 0.1) is 5.60 Å². The van der Waals surface area contributed by atoms with Crippen molar-refractivity contribution in [3.8, 4) is 0 Å². The highest BCUT2D eigenvalue weighted by Crippen LogP contribution is 2.62. The van der Waals surface area contributed by atoms with Gasteiger partial charge in [-0.25, -0.2) is 0 Å². The topological polar surface area (TPSA) is 46.5 Å². The molecule has 0 bridgehead atoms. The van der Waals surface area contributed by atoms with Gasteiger partial charge in [-0.15, -0.1) is 0 Å². The van der Waals surface area contributed by atoms with Gasteiger partial charge in [0.25, 0.3) is 0 Å². The fourth-order valence-corrected chi connectivity index (χ4v) is 6.71. The Labute approximate surface area is 153 Å². The van der Waals surface area contributed by atoms with Crippen LogP contribution in [0.5, 0.6) is 0 Å². The van der Waals surface area contributed by atoms with Crippen LogP contribution < -0.4 is 0 Å². The molecule has 3 nitrogen and oxygen atoms in total. The Bertz CT molecular complexity index is 562. The van der Waals surface area contributed by atoms with Gasteiger partial charge in [-0.2, -0.15) is 0 Å². The summed E-state index contributed by atoms with van der Waals surface area (Å²) in [6.45, 7) is 12.7. The van der Waals surface area contributed by atoms with E-state index in [0.717, 1.165) is 12.8 Å². The van der Waals surface area contributed by atoms with Crippen molar-refractivity contribution in [3.05, 3.63) is 11.6 Å². The molecule has 2 saturated carbocycles. The van der Waals surface area contributed by atoms with Crippen molar-refractivity contribution in [2.24, 2.45) is 35.0 Å². The molecule has 0 aromatic rings. The summed E-state index contributed by atoms with van der Waals surface area (Å²) >= 11 is 0. The molecule has 0 aromatic carbocycles. The van der Waals surface area contributed by atoms with Crippen LogP contribution in [-0.4, -0.2) is 22.8 Å². The first kappa shape index (κ1) is 18.9. The number of hydrogen-bond acceptors (Lipinski definition) is 3. The van der Waals surface area contributed by atoms with Crippen LogP contribution in [-0.2, 0) is 9.53 Å². The van der Waals surface area contributed by atoms with E-state index in [1.807, 2.05) is 6.92 Å². The highest BCUT2D eigenvalue weighted by molar-refractivity contribution is 5.66. The number of carbonyl (C=O) groups excluding carboxylic acids is 1. The van der Waals surface area contributed by atoms with E-state index < -0.39 is 5.60 Å². The van der Waals surface area contributed by atoms with Crippen molar-refractivity contribution in [1.82, 2.24) is 0 Å². The third-order valence-corrected chi connectivity index (χ3v) is 7.82. The van der Waals surface area contributed by atoms with E-state index >= 15 is 0 Å². The van der Waals surface area contributed by atoms with E-state index in [0.29, 0.717) is 30.1 Å². The van der Waals surface area contributed by atoms with Gasteiger partial charge in [-0.3, -0.25) is 4.79 Å². The van der Waals surface area contributed by atoms with Gasteiger partial charge in [-0.1, -0.05) is 32.4 Å². The van der Waals surface area contributed by atoms with E-state index in [1.165, 1.54) is 25.3 Å². The Morgan fingerprint density at radius 3 is 2.56 bits per heavy atom. The molecule has 0 amide bonds. The number of rotatable bonds is 2. The molecule has 1 N–H and O–H groups in total. The zero-order valence-electron chi connectivity index (χ0n) is 16.8. The Kier molecular flexibility index (Phi) is 4.85. The minimum Gasteiger partial charge on any atom is -0.462 e. The summed E-state index contributed by atoms with van der Waals surface area (Å²) in [5, 5.41) is 11.4. The van der Waals surface area contributed by atoms with Crippen LogP contribution in [0.3, 0.4) is 0 Å². The summed E-state index contributed by atoms with van der Waals surface area (Å²) in [6, 6.07) is 0. The summed E-state index contributed by atoms with van der Waals surface area (Å²) in [7, 11) is 0. The lowest BCUT2D eigenvalue weighted by Crippen LogP contribution is -2.62. The number of hydrogen-bond donors (Lipinski definition) is 1. The lowest BCUT2D eigenvalue weighted by Gasteiger charge is -2.62. The van der Waals surface area contributed by atoms with Crippen LogP contribution in [0.1, 0.15) is 73.6 Å². The summed E-state index contributed by atoms with van der Waals surface area (Å²) in [4.78, 5) is 11.7. The van der Waals surface area contributed by atoms with Crippen molar-refractivity contribution in [3.63, 3.8) is 0 Å². The van der Waals surface area contributed by atoms with E-state index in [1.54, 1.807) is 0 Å². The smallest absolute Gasteiger partial charge is 0.302 e. The number of carbonyl (C=O) groups is 1. The third kappa shape index (κ3) is 3.07. The number of ether oxygens (including phenoxy) is 1. The van der Waals surface area contributed by atoms with Crippen LogP contribution in [0.15, 0.2) is 11.6 Å². The molecule has 0 heterocycles. The first-order valence-corrected chi connectivity index (χ1v) is 10.1. The summed E-state index contributed by atoms with van der Waals surface area (Å²) in [5.74, 6) is 2.39. The fourth-order valence-electron chi connectivity index (χ4n) is 6.71. The molecule has 0 saturated heterocycles. The molecule has 0 radical (unpaired) electrons. The molecule has 2 fully saturated rings. The van der Waals surface area contributed by atoms with Gasteiger partial charge in [0, 0.05) is 18.3 Å². The van der Waals surface area contributed by atoms with E-state index in [-0.39, 0.29) is 23.4 Å². The van der Waals surface area contributed by atoms with Crippen LogP contribution in [0.25, 0.3) is 0 Å². The highest BCUT2D eigenvalue weighted by Gasteiger charge is 2.61. The lowest BCUT2D eigenvalue weighted by atomic mass is 9.45. The van der Waals surface area contributed by atoms with Crippen LogP contribution in [0.2, 0.25) is 0 Å². The lowest BCUT2D eigenvalue weighted by molar-refractivity contribution is -0.211. The highest BCUT2D eigenvalue weighted by atomic mass is 16.5. The van der Waals surface area contributed by atoms with Gasteiger partial charge in [0.15, 0.2) is 0 Å². The van der Waals surface area contributed by atoms with Crippen molar-refractivity contribution in [2.75, 3.05) is 0 Å². The largest absolute Gasteiger partial charge is 0.462 e. The van der Waals surface area contributed by atoms with Crippen molar-refractivity contribution < 1.29 is 14.6 Å². The average molecular weight is 349 g/mol. The Hall–Kier alpha value is -0.830. The summed E-state index contributed by atoms with van der Waals surface area (Å²) < 4.78 is 5.78. The second kappa shape index (κ2) is 6.40. The monoisotopic (exact) mass is 348 g/mol. The number of esters is 1. The Morgan fingerprint density at radius 1 is 1.28 bits per heavy atom. The predicted molar refractivity (Wildman–Crippen MR) is 99.9 cm³/mol. The zero-order chi connectivity index (χ0) is 18.6. The molecule has 7 atom stereocenters. The van der Waals surface area contributed by atoms with Gasteiger partial charge in [0.1, 0.15) is 6.10 Å². The molecule has 25 heavy (non-hydrogen) atoms. The molecular weight excluding hydrogens is 312 g/mol. The molecule has 0 aliphatic heterocycles. The standard InChI is InChI=1S/C22H36O3/c1-13(2)16-8-7-14(3)19-17(16)9-11-21(5)18(25-15(4)23)10-12-22(6,24)20(19)21/h7,13,16-20,24H,8-12H2,1-6H3/t16-,17+,18-,19-,20+,21+,22+/m0/s1. The van der Waals surface area contributed by atoms with Crippen molar-refractivity contribution in [2.45, 2.75) is 85.4 Å². The fraction of sp³-hybridized carbons (Fsp3) is 0.864. The molecule has 0 spiro atoms. The maximum Gasteiger partial charge on any atom is 0.302 e. The maximum atomic E-state index is 11.7. The van der Waals surface area contributed by atoms with Crippen LogP contribution in [0, 0.1) is 35.0 Å². The van der Waals surface area contributed by atoms with E-state index in [9.17, 15) is 9.90 Å². The average Bonchev–Trinajstić information content (AvgIpc) is 2.50. The zero-order valence-corrected chi connectivity index (χ0v) is 16.8. The first-order chi connectivity index (χ1) is 11.6. The third-order valence-electron chi connectivity index (χ3n) is 7.82. The summed E-state index contributed by atoms with van der Waals surface area (Å²) in [5.41, 5.74) is 0.618. The quantitative estimate of drug-likeness (QED) is 0.579. The molecule has 3 aliphatic rings. The minimum atomic E-state index is -0.692. The predicted octanol–water partition coefficient (Wildman–Crippen LogP) is 4.73. The molecule has 3 aliphatic carbocycles. The van der Waals surface area contributed by atoms with Gasteiger partial charge < -0.3 is 9.84 Å². The molecule has 3 rings (SSSR count). The second-order valence-corrected chi connectivity index (χ2v) is 9.80. The van der Waals surface area contributed by atoms with Crippen molar-refractivity contribution >= 4 is 5.97 Å².